The topological polar surface area (TPSA) is 89.3 Å². The van der Waals surface area contributed by atoms with Crippen LogP contribution in [0.3, 0.4) is 0 Å². The molecule has 2 heterocycles. The third-order valence-electron chi connectivity index (χ3n) is 3.85. The number of hydrogen-bond acceptors (Lipinski definition) is 5. The van der Waals surface area contributed by atoms with Gasteiger partial charge in [-0.3, -0.25) is 14.6 Å². The van der Waals surface area contributed by atoms with Crippen LogP contribution in [-0.2, 0) is 4.79 Å². The smallest absolute Gasteiger partial charge is 0.270 e. The first-order chi connectivity index (χ1) is 10.9. The van der Waals surface area contributed by atoms with Crippen LogP contribution in [-0.4, -0.2) is 47.9 Å². The molecule has 23 heavy (non-hydrogen) atoms. The van der Waals surface area contributed by atoms with Gasteiger partial charge in [0.2, 0.25) is 5.91 Å². The Labute approximate surface area is 135 Å². The summed E-state index contributed by atoms with van der Waals surface area (Å²) >= 11 is 0. The Balaban J connectivity index is 2.06. The summed E-state index contributed by atoms with van der Waals surface area (Å²) < 4.78 is 0. The number of nitrogens with zero attached hydrogens (tertiary/aromatic N) is 4. The molecular weight excluding hydrogens is 294 g/mol. The highest BCUT2D eigenvalue weighted by atomic mass is 16.2. The molecule has 1 N–H and O–H groups in total. The van der Waals surface area contributed by atoms with Crippen LogP contribution in [0.25, 0.3) is 0 Å². The zero-order chi connectivity index (χ0) is 17.0. The molecule has 0 bridgehead atoms. The molecule has 1 unspecified atom stereocenters. The molecule has 1 aromatic heterocycles. The third-order valence-corrected chi connectivity index (χ3v) is 3.85. The summed E-state index contributed by atoms with van der Waals surface area (Å²) in [5, 5.41) is 11.7. The van der Waals surface area contributed by atoms with Crippen molar-refractivity contribution in [2.24, 2.45) is 5.92 Å². The van der Waals surface area contributed by atoms with E-state index in [1.54, 1.807) is 24.1 Å². The molecule has 0 radical (unpaired) electrons. The van der Waals surface area contributed by atoms with Crippen molar-refractivity contribution in [3.05, 3.63) is 24.0 Å². The molecule has 2 rings (SSSR count). The van der Waals surface area contributed by atoms with Crippen LogP contribution in [0.15, 0.2) is 18.3 Å². The number of pyridine rings is 1. The molecule has 0 spiro atoms. The van der Waals surface area contributed by atoms with E-state index in [4.69, 9.17) is 5.26 Å². The van der Waals surface area contributed by atoms with Gasteiger partial charge in [-0.1, -0.05) is 13.8 Å². The van der Waals surface area contributed by atoms with E-state index in [-0.39, 0.29) is 29.5 Å². The summed E-state index contributed by atoms with van der Waals surface area (Å²) in [4.78, 5) is 31.6. The number of rotatable bonds is 4. The van der Waals surface area contributed by atoms with E-state index >= 15 is 0 Å². The monoisotopic (exact) mass is 315 g/mol. The highest BCUT2D eigenvalue weighted by Gasteiger charge is 2.24. The Morgan fingerprint density at radius 1 is 1.52 bits per heavy atom. The minimum absolute atomic E-state index is 0.0250. The van der Waals surface area contributed by atoms with Crippen molar-refractivity contribution < 1.29 is 9.59 Å². The predicted molar refractivity (Wildman–Crippen MR) is 85.5 cm³/mol. The molecule has 1 fully saturated rings. The van der Waals surface area contributed by atoms with Gasteiger partial charge < -0.3 is 15.1 Å². The van der Waals surface area contributed by atoms with Crippen LogP contribution in [0.5, 0.6) is 0 Å². The zero-order valence-electron chi connectivity index (χ0n) is 13.6. The number of hydrogen-bond donors (Lipinski definition) is 1. The van der Waals surface area contributed by atoms with Crippen molar-refractivity contribution in [3.63, 3.8) is 0 Å². The van der Waals surface area contributed by atoms with Crippen LogP contribution in [0.4, 0.5) is 5.69 Å². The lowest BCUT2D eigenvalue weighted by molar-refractivity contribution is -0.121. The first-order valence-electron chi connectivity index (χ1n) is 7.61. The van der Waals surface area contributed by atoms with Gasteiger partial charge in [0, 0.05) is 44.0 Å². The van der Waals surface area contributed by atoms with Crippen molar-refractivity contribution in [1.82, 2.24) is 15.2 Å². The largest absolute Gasteiger partial charge is 0.346 e. The van der Waals surface area contributed by atoms with E-state index < -0.39 is 0 Å². The molecule has 2 amide bonds. The first-order valence-corrected chi connectivity index (χ1v) is 7.61. The lowest BCUT2D eigenvalue weighted by Gasteiger charge is -2.20. The number of nitriles is 1. The molecule has 0 aliphatic carbocycles. The van der Waals surface area contributed by atoms with Crippen molar-refractivity contribution in [3.8, 4) is 6.19 Å². The number of aromatic nitrogens is 1. The molecule has 1 atom stereocenters. The Morgan fingerprint density at radius 2 is 2.26 bits per heavy atom. The molecule has 1 aromatic rings. The van der Waals surface area contributed by atoms with Gasteiger partial charge in [0.05, 0.1) is 0 Å². The quantitative estimate of drug-likeness (QED) is 0.837. The van der Waals surface area contributed by atoms with E-state index in [1.165, 1.54) is 11.1 Å². The van der Waals surface area contributed by atoms with E-state index in [0.717, 1.165) is 6.42 Å². The molecule has 0 aromatic carbocycles. The number of carbonyl (C=O) groups excluding carboxylic acids is 2. The summed E-state index contributed by atoms with van der Waals surface area (Å²) in [6.07, 6.45) is 4.34. The van der Waals surface area contributed by atoms with Gasteiger partial charge in [-0.05, 0) is 18.6 Å². The molecule has 7 heteroatoms. The summed E-state index contributed by atoms with van der Waals surface area (Å²) in [7, 11) is 1.68. The lowest BCUT2D eigenvalue weighted by Crippen LogP contribution is -2.37. The maximum Gasteiger partial charge on any atom is 0.270 e. The Hall–Kier alpha value is -2.62. The van der Waals surface area contributed by atoms with Crippen LogP contribution in [0.1, 0.15) is 30.8 Å². The van der Waals surface area contributed by atoms with Crippen molar-refractivity contribution in [2.45, 2.75) is 26.3 Å². The van der Waals surface area contributed by atoms with Gasteiger partial charge in [-0.2, -0.15) is 5.26 Å². The third kappa shape index (κ3) is 3.97. The average Bonchev–Trinajstić information content (AvgIpc) is 3.01. The maximum absolute atomic E-state index is 12.3. The second kappa shape index (κ2) is 7.09. The van der Waals surface area contributed by atoms with Gasteiger partial charge in [0.15, 0.2) is 6.19 Å². The standard InChI is InChI=1S/C16H21N5O2/c1-11(2)16(23)20(3)13-4-6-18-14(8-13)15(22)19-12-5-7-21(9-12)10-17/h4,6,8,11-12H,5,7,9H2,1-3H3,(H,19,22). The first kappa shape index (κ1) is 16.7. The molecule has 122 valence electrons. The van der Waals surface area contributed by atoms with Crippen LogP contribution in [0, 0.1) is 17.4 Å². The van der Waals surface area contributed by atoms with Gasteiger partial charge >= 0.3 is 0 Å². The fraction of sp³-hybridized carbons (Fsp3) is 0.500. The van der Waals surface area contributed by atoms with Crippen molar-refractivity contribution in [2.75, 3.05) is 25.0 Å². The Bertz CT molecular complexity index is 638. The van der Waals surface area contributed by atoms with E-state index in [2.05, 4.69) is 16.5 Å². The number of amides is 2. The van der Waals surface area contributed by atoms with Crippen molar-refractivity contribution >= 4 is 17.5 Å². The van der Waals surface area contributed by atoms with Gasteiger partial charge in [-0.15, -0.1) is 0 Å². The number of anilines is 1. The fourth-order valence-electron chi connectivity index (χ4n) is 2.49. The minimum atomic E-state index is -0.290. The average molecular weight is 315 g/mol. The van der Waals surface area contributed by atoms with Crippen LogP contribution >= 0.6 is 0 Å². The van der Waals surface area contributed by atoms with Gasteiger partial charge in [-0.25, -0.2) is 0 Å². The summed E-state index contributed by atoms with van der Waals surface area (Å²) in [6, 6.07) is 3.25. The molecule has 7 nitrogen and oxygen atoms in total. The maximum atomic E-state index is 12.3. The van der Waals surface area contributed by atoms with E-state index in [0.29, 0.717) is 18.8 Å². The molecule has 1 saturated heterocycles. The Kier molecular flexibility index (Phi) is 5.16. The second-order valence-electron chi connectivity index (χ2n) is 5.96. The Morgan fingerprint density at radius 3 is 2.87 bits per heavy atom. The lowest BCUT2D eigenvalue weighted by atomic mass is 10.2. The molecule has 1 aliphatic heterocycles. The normalized spacial score (nSPS) is 17.0. The minimum Gasteiger partial charge on any atom is -0.346 e. The predicted octanol–water partition coefficient (Wildman–Crippen LogP) is 0.986. The number of carbonyl (C=O) groups is 2. The van der Waals surface area contributed by atoms with Gasteiger partial charge in [0.25, 0.3) is 5.91 Å². The van der Waals surface area contributed by atoms with Crippen LogP contribution < -0.4 is 10.2 Å². The molecular formula is C16H21N5O2. The van der Waals surface area contributed by atoms with Crippen molar-refractivity contribution in [1.29, 1.82) is 5.26 Å². The summed E-state index contributed by atoms with van der Waals surface area (Å²) in [6.45, 7) is 4.83. The second-order valence-corrected chi connectivity index (χ2v) is 5.96. The SMILES string of the molecule is CC(C)C(=O)N(C)c1ccnc(C(=O)NC2CCN(C#N)C2)c1. The highest BCUT2D eigenvalue weighted by molar-refractivity contribution is 5.97. The highest BCUT2D eigenvalue weighted by Crippen LogP contribution is 2.16. The van der Waals surface area contributed by atoms with Crippen LogP contribution in [0.2, 0.25) is 0 Å². The van der Waals surface area contributed by atoms with E-state index in [1.807, 2.05) is 13.8 Å². The summed E-state index contributed by atoms with van der Waals surface area (Å²) in [5.74, 6) is -0.439. The molecule has 1 aliphatic rings. The van der Waals surface area contributed by atoms with Gasteiger partial charge in [0.1, 0.15) is 5.69 Å². The molecule has 0 saturated carbocycles. The van der Waals surface area contributed by atoms with E-state index in [9.17, 15) is 9.59 Å². The number of nitrogens with one attached hydrogen (secondary N) is 1. The fourth-order valence-corrected chi connectivity index (χ4v) is 2.49. The summed E-state index contributed by atoms with van der Waals surface area (Å²) in [5.41, 5.74) is 0.898. The zero-order valence-corrected chi connectivity index (χ0v) is 13.6. The number of likely N-dealkylation sites (tertiary alicyclic amines) is 1.